The van der Waals surface area contributed by atoms with Gasteiger partial charge in [0.25, 0.3) is 0 Å². The topological polar surface area (TPSA) is 106 Å². The average molecular weight is 566 g/mol. The Morgan fingerprint density at radius 2 is 1.89 bits per heavy atom. The number of nitrogens with zero attached hydrogens (tertiary/aromatic N) is 4. The van der Waals surface area contributed by atoms with Crippen LogP contribution in [0.1, 0.15) is 58.2 Å². The van der Waals surface area contributed by atoms with Gasteiger partial charge in [-0.25, -0.2) is 9.18 Å². The van der Waals surface area contributed by atoms with E-state index in [1.807, 2.05) is 31.6 Å². The number of carbonyl (C=O) groups excluding carboxylic acids is 1. The molecule has 12 heteroatoms. The first-order valence-corrected chi connectivity index (χ1v) is 12.9. The molecule has 4 rings (SSSR count). The predicted octanol–water partition coefficient (Wildman–Crippen LogP) is 6.23. The number of hydrogen-bond acceptors (Lipinski definition) is 6. The zero-order chi connectivity index (χ0) is 27.8. The van der Waals surface area contributed by atoms with Crippen molar-refractivity contribution in [2.75, 3.05) is 13.1 Å². The van der Waals surface area contributed by atoms with Gasteiger partial charge >= 0.3 is 6.09 Å². The third-order valence-electron chi connectivity index (χ3n) is 6.23. The molecule has 0 saturated carbocycles. The molecule has 1 atom stereocenters. The van der Waals surface area contributed by atoms with Gasteiger partial charge in [0.15, 0.2) is 5.75 Å². The summed E-state index contributed by atoms with van der Waals surface area (Å²) in [6.45, 7) is 8.27. The van der Waals surface area contributed by atoms with Crippen molar-refractivity contribution in [3.8, 4) is 16.9 Å². The number of rotatable bonds is 5. The number of hydrogen-bond donors (Lipinski definition) is 2. The SMILES string of the molecule is CC(Oc1cc(-c2cnn(C3CCN(C(=O)OC(C)(C)C)CC3)c2)cn(O)c1=N)c1c(Cl)ccc(F)c1Cl. The molecule has 1 aromatic carbocycles. The lowest BCUT2D eigenvalue weighted by Crippen LogP contribution is -2.42. The zero-order valence-electron chi connectivity index (χ0n) is 21.5. The molecule has 204 valence electrons. The largest absolute Gasteiger partial charge is 0.482 e. The van der Waals surface area contributed by atoms with E-state index in [0.29, 0.717) is 41.8 Å². The standard InChI is InChI=1S/C26H30Cl2FN5O4/c1-15(22-19(27)5-6-20(29)23(22)28)37-21-11-16(14-34(36)24(21)30)17-12-31-33(13-17)18-7-9-32(10-8-18)25(35)38-26(2,3)4/h5-6,11-15,18,30,36H,7-10H2,1-4H3. The maximum atomic E-state index is 14.0. The van der Waals surface area contributed by atoms with Crippen molar-refractivity contribution >= 4 is 29.3 Å². The molecule has 38 heavy (non-hydrogen) atoms. The summed E-state index contributed by atoms with van der Waals surface area (Å²) in [5.41, 5.74) is 0.652. The molecule has 2 N–H and O–H groups in total. The van der Waals surface area contributed by atoms with Crippen molar-refractivity contribution < 1.29 is 23.9 Å². The summed E-state index contributed by atoms with van der Waals surface area (Å²) in [5.74, 6) is -0.588. The number of piperidine rings is 1. The molecule has 0 spiro atoms. The van der Waals surface area contributed by atoms with E-state index >= 15 is 0 Å². The van der Waals surface area contributed by atoms with Crippen LogP contribution < -0.4 is 10.2 Å². The van der Waals surface area contributed by atoms with Crippen LogP contribution in [0.2, 0.25) is 10.0 Å². The van der Waals surface area contributed by atoms with Gasteiger partial charge in [0, 0.05) is 41.0 Å². The van der Waals surface area contributed by atoms with Crippen LogP contribution in [0.15, 0.2) is 36.8 Å². The number of halogens is 3. The minimum atomic E-state index is -0.803. The van der Waals surface area contributed by atoms with Crippen LogP contribution in [0.3, 0.4) is 0 Å². The number of nitrogens with one attached hydrogen (secondary N) is 1. The maximum absolute atomic E-state index is 14.0. The average Bonchev–Trinajstić information content (AvgIpc) is 3.34. The van der Waals surface area contributed by atoms with E-state index in [1.54, 1.807) is 24.1 Å². The van der Waals surface area contributed by atoms with E-state index in [4.69, 9.17) is 38.1 Å². The molecule has 0 aliphatic carbocycles. The minimum absolute atomic E-state index is 0.0484. The third kappa shape index (κ3) is 6.07. The van der Waals surface area contributed by atoms with Crippen molar-refractivity contribution in [1.82, 2.24) is 19.4 Å². The quantitative estimate of drug-likeness (QED) is 0.282. The normalized spacial score (nSPS) is 15.4. The molecule has 0 radical (unpaired) electrons. The highest BCUT2D eigenvalue weighted by molar-refractivity contribution is 6.36. The van der Waals surface area contributed by atoms with Crippen LogP contribution in [-0.2, 0) is 4.74 Å². The molecule has 1 fully saturated rings. The summed E-state index contributed by atoms with van der Waals surface area (Å²) in [4.78, 5) is 14.1. The smallest absolute Gasteiger partial charge is 0.410 e. The van der Waals surface area contributed by atoms with E-state index in [2.05, 4.69) is 5.10 Å². The second kappa shape index (κ2) is 10.9. The van der Waals surface area contributed by atoms with Gasteiger partial charge in [-0.1, -0.05) is 23.2 Å². The Kier molecular flexibility index (Phi) is 7.94. The third-order valence-corrected chi connectivity index (χ3v) is 6.94. The monoisotopic (exact) mass is 565 g/mol. The van der Waals surface area contributed by atoms with Crippen LogP contribution in [0, 0.1) is 11.2 Å². The fourth-order valence-corrected chi connectivity index (χ4v) is 4.97. The van der Waals surface area contributed by atoms with Crippen molar-refractivity contribution in [2.24, 2.45) is 0 Å². The molecule has 1 amide bonds. The van der Waals surface area contributed by atoms with E-state index in [0.717, 1.165) is 6.07 Å². The lowest BCUT2D eigenvalue weighted by atomic mass is 10.1. The lowest BCUT2D eigenvalue weighted by Gasteiger charge is -2.33. The minimum Gasteiger partial charge on any atom is -0.482 e. The van der Waals surface area contributed by atoms with Gasteiger partial charge in [-0.3, -0.25) is 10.1 Å². The zero-order valence-corrected chi connectivity index (χ0v) is 23.1. The Bertz CT molecular complexity index is 1390. The molecule has 2 aromatic heterocycles. The van der Waals surface area contributed by atoms with Crippen LogP contribution in [0.25, 0.3) is 11.1 Å². The molecule has 1 aliphatic heterocycles. The van der Waals surface area contributed by atoms with Crippen molar-refractivity contribution in [1.29, 1.82) is 5.41 Å². The molecule has 3 heterocycles. The lowest BCUT2D eigenvalue weighted by molar-refractivity contribution is 0.0184. The van der Waals surface area contributed by atoms with Crippen LogP contribution in [0.5, 0.6) is 5.75 Å². The molecule has 1 saturated heterocycles. The highest BCUT2D eigenvalue weighted by Crippen LogP contribution is 2.35. The predicted molar refractivity (Wildman–Crippen MR) is 140 cm³/mol. The first-order valence-electron chi connectivity index (χ1n) is 12.2. The van der Waals surface area contributed by atoms with Crippen LogP contribution in [0.4, 0.5) is 9.18 Å². The Hall–Kier alpha value is -3.24. The number of aromatic nitrogens is 3. The van der Waals surface area contributed by atoms with Gasteiger partial charge in [-0.15, -0.1) is 0 Å². The number of amides is 1. The van der Waals surface area contributed by atoms with E-state index in [-0.39, 0.29) is 39.0 Å². The molecule has 3 aromatic rings. The Balaban J connectivity index is 1.50. The number of likely N-dealkylation sites (tertiary alicyclic amines) is 1. The number of benzene rings is 1. The number of ether oxygens (including phenoxy) is 2. The van der Waals surface area contributed by atoms with Crippen LogP contribution in [-0.4, -0.2) is 49.4 Å². The second-order valence-corrected chi connectivity index (χ2v) is 11.0. The summed E-state index contributed by atoms with van der Waals surface area (Å²) in [6.07, 6.45) is 5.20. The van der Waals surface area contributed by atoms with E-state index < -0.39 is 17.5 Å². The Morgan fingerprint density at radius 1 is 1.21 bits per heavy atom. The van der Waals surface area contributed by atoms with Gasteiger partial charge in [0.05, 0.1) is 23.5 Å². The molecular formula is C26H30Cl2FN5O4. The number of carbonyl (C=O) groups is 1. The molecule has 0 bridgehead atoms. The highest BCUT2D eigenvalue weighted by atomic mass is 35.5. The fourth-order valence-electron chi connectivity index (χ4n) is 4.29. The van der Waals surface area contributed by atoms with E-state index in [9.17, 15) is 14.4 Å². The maximum Gasteiger partial charge on any atom is 0.410 e. The van der Waals surface area contributed by atoms with Gasteiger partial charge in [0.2, 0.25) is 5.49 Å². The fraction of sp³-hybridized carbons (Fsp3) is 0.423. The van der Waals surface area contributed by atoms with Crippen molar-refractivity contribution in [2.45, 2.75) is 58.3 Å². The first-order chi connectivity index (χ1) is 17.8. The Labute approximate surface area is 229 Å². The first kappa shape index (κ1) is 27.8. The van der Waals surface area contributed by atoms with Gasteiger partial charge in [-0.2, -0.15) is 9.83 Å². The van der Waals surface area contributed by atoms with Gasteiger partial charge in [-0.05, 0) is 58.7 Å². The van der Waals surface area contributed by atoms with Gasteiger partial charge in [0.1, 0.15) is 17.5 Å². The summed E-state index contributed by atoms with van der Waals surface area (Å²) < 4.78 is 27.9. The second-order valence-electron chi connectivity index (χ2n) is 10.2. The van der Waals surface area contributed by atoms with Crippen LogP contribution >= 0.6 is 23.2 Å². The summed E-state index contributed by atoms with van der Waals surface area (Å²) in [7, 11) is 0. The highest BCUT2D eigenvalue weighted by Gasteiger charge is 2.28. The molecule has 1 unspecified atom stereocenters. The molecular weight excluding hydrogens is 536 g/mol. The molecule has 9 nitrogen and oxygen atoms in total. The van der Waals surface area contributed by atoms with Crippen molar-refractivity contribution in [3.05, 3.63) is 63.7 Å². The van der Waals surface area contributed by atoms with E-state index in [1.165, 1.54) is 12.3 Å². The summed E-state index contributed by atoms with van der Waals surface area (Å²) in [5, 5.41) is 23.1. The summed E-state index contributed by atoms with van der Waals surface area (Å²) >= 11 is 12.3. The molecule has 1 aliphatic rings. The van der Waals surface area contributed by atoms with Crippen molar-refractivity contribution in [3.63, 3.8) is 0 Å². The summed E-state index contributed by atoms with van der Waals surface area (Å²) in [6, 6.07) is 4.23. The number of pyridine rings is 1. The van der Waals surface area contributed by atoms with Gasteiger partial charge < -0.3 is 19.6 Å². The Morgan fingerprint density at radius 3 is 2.55 bits per heavy atom.